The standard InChI is InChI=1S/C12H18.C10H12.C10H14.C8H10.C7H8/c1-10-6-5-7-11(8-10)9-12(2,3)4;1-8-6-9-4-2-3-5-10(9)7-8;1-3-5-10-7-4-6-9(2)8-10;1-2-8-6-4-3-5-7-8;1-7-5-3-2-4-6-7/h5-8H,9H2,1-4H3;2-5,8H,6-7H2,1H3;4,6-8H,3,5H2,1-2H3;3-7H,2H2,1H3;2-6H,1H3. The lowest BCUT2D eigenvalue weighted by atomic mass is 9.88. The molecule has 0 bridgehead atoms. The van der Waals surface area contributed by atoms with Crippen molar-refractivity contribution in [3.8, 4) is 0 Å². The van der Waals surface area contributed by atoms with Crippen molar-refractivity contribution in [2.45, 2.75) is 101 Å². The molecule has 5 aromatic carbocycles. The number of fused-ring (bicyclic) bond motifs is 1. The number of benzene rings is 5. The SMILES string of the molecule is CC1Cc2ccccc2C1.CCCc1cccc(C)c1.CCc1ccccc1.Cc1cccc(CC(C)(C)C)c1.Cc1ccccc1. The van der Waals surface area contributed by atoms with Crippen LogP contribution in [0.25, 0.3) is 0 Å². The summed E-state index contributed by atoms with van der Waals surface area (Å²) in [5.74, 6) is 0.873. The zero-order valence-corrected chi connectivity index (χ0v) is 31.0. The number of aryl methyl sites for hydroxylation is 5. The van der Waals surface area contributed by atoms with Crippen LogP contribution in [0.3, 0.4) is 0 Å². The molecular formula is C47H62. The molecule has 47 heavy (non-hydrogen) atoms. The quantitative estimate of drug-likeness (QED) is 0.186. The van der Waals surface area contributed by atoms with E-state index in [1.807, 2.05) is 24.3 Å². The third-order valence-corrected chi connectivity index (χ3v) is 7.88. The Morgan fingerprint density at radius 1 is 0.511 bits per heavy atom. The third-order valence-electron chi connectivity index (χ3n) is 7.88. The normalized spacial score (nSPS) is 11.6. The summed E-state index contributed by atoms with van der Waals surface area (Å²) in [5.41, 5.74) is 11.9. The van der Waals surface area contributed by atoms with Gasteiger partial charge >= 0.3 is 0 Å². The fraction of sp³-hybridized carbons (Fsp3) is 0.362. The highest BCUT2D eigenvalue weighted by Crippen LogP contribution is 2.25. The lowest BCUT2D eigenvalue weighted by molar-refractivity contribution is 0.411. The highest BCUT2D eigenvalue weighted by Gasteiger charge is 2.15. The molecule has 0 saturated carbocycles. The van der Waals surface area contributed by atoms with Gasteiger partial charge in [-0.15, -0.1) is 0 Å². The molecule has 250 valence electrons. The molecule has 0 N–H and O–H groups in total. The minimum absolute atomic E-state index is 0.397. The molecule has 5 aromatic rings. The number of hydrogen-bond acceptors (Lipinski definition) is 0. The Bertz CT molecular complexity index is 1480. The summed E-state index contributed by atoms with van der Waals surface area (Å²) >= 11 is 0. The molecule has 0 amide bonds. The summed E-state index contributed by atoms with van der Waals surface area (Å²) in [6.45, 7) is 19.9. The van der Waals surface area contributed by atoms with Gasteiger partial charge in [0.25, 0.3) is 0 Å². The van der Waals surface area contributed by atoms with Gasteiger partial charge in [-0.3, -0.25) is 0 Å². The largest absolute Gasteiger partial charge is 0.0651 e. The van der Waals surface area contributed by atoms with Gasteiger partial charge in [0.2, 0.25) is 0 Å². The van der Waals surface area contributed by atoms with Gasteiger partial charge in [0.15, 0.2) is 0 Å². The van der Waals surface area contributed by atoms with Crippen molar-refractivity contribution >= 4 is 0 Å². The summed E-state index contributed by atoms with van der Waals surface area (Å²) in [5, 5.41) is 0. The van der Waals surface area contributed by atoms with Crippen molar-refractivity contribution in [1.82, 2.24) is 0 Å². The molecule has 0 heterocycles. The fourth-order valence-corrected chi connectivity index (χ4v) is 5.62. The molecule has 0 atom stereocenters. The minimum atomic E-state index is 0.397. The van der Waals surface area contributed by atoms with E-state index in [0.29, 0.717) is 5.41 Å². The van der Waals surface area contributed by atoms with Gasteiger partial charge in [0, 0.05) is 0 Å². The number of rotatable bonds is 4. The van der Waals surface area contributed by atoms with Gasteiger partial charge in [-0.25, -0.2) is 0 Å². The fourth-order valence-electron chi connectivity index (χ4n) is 5.62. The maximum atomic E-state index is 2.32. The Morgan fingerprint density at radius 3 is 1.34 bits per heavy atom. The van der Waals surface area contributed by atoms with Crippen LogP contribution in [0, 0.1) is 32.1 Å². The van der Waals surface area contributed by atoms with Crippen LogP contribution in [0.15, 0.2) is 133 Å². The smallest absolute Gasteiger partial charge is 0.0230 e. The molecular weight excluding hydrogens is 565 g/mol. The predicted octanol–water partition coefficient (Wildman–Crippen LogP) is 13.2. The van der Waals surface area contributed by atoms with Gasteiger partial charge in [-0.05, 0) is 92.0 Å². The second-order valence-electron chi connectivity index (χ2n) is 14.2. The molecule has 0 aliphatic heterocycles. The lowest BCUT2D eigenvalue weighted by Crippen LogP contribution is -2.08. The average Bonchev–Trinajstić information content (AvgIpc) is 3.43. The summed E-state index contributed by atoms with van der Waals surface area (Å²) in [4.78, 5) is 0. The van der Waals surface area contributed by atoms with E-state index in [4.69, 9.17) is 0 Å². The van der Waals surface area contributed by atoms with Crippen LogP contribution in [0.4, 0.5) is 0 Å². The van der Waals surface area contributed by atoms with Crippen molar-refractivity contribution in [2.24, 2.45) is 11.3 Å². The summed E-state index contributed by atoms with van der Waals surface area (Å²) in [7, 11) is 0. The highest BCUT2D eigenvalue weighted by atomic mass is 14.2. The maximum absolute atomic E-state index is 2.32. The van der Waals surface area contributed by atoms with Crippen molar-refractivity contribution in [3.05, 3.63) is 178 Å². The average molecular weight is 627 g/mol. The van der Waals surface area contributed by atoms with Gasteiger partial charge in [-0.1, -0.05) is 198 Å². The first-order valence-corrected chi connectivity index (χ1v) is 17.7. The Labute approximate surface area is 289 Å². The predicted molar refractivity (Wildman–Crippen MR) is 210 cm³/mol. The third kappa shape index (κ3) is 18.1. The zero-order chi connectivity index (χ0) is 34.5. The van der Waals surface area contributed by atoms with E-state index in [1.165, 1.54) is 59.1 Å². The molecule has 1 aliphatic rings. The second kappa shape index (κ2) is 21.8. The van der Waals surface area contributed by atoms with Crippen molar-refractivity contribution in [1.29, 1.82) is 0 Å². The van der Waals surface area contributed by atoms with Crippen LogP contribution < -0.4 is 0 Å². The van der Waals surface area contributed by atoms with Gasteiger partial charge < -0.3 is 0 Å². The van der Waals surface area contributed by atoms with Crippen molar-refractivity contribution in [3.63, 3.8) is 0 Å². The van der Waals surface area contributed by atoms with Gasteiger partial charge in [0.1, 0.15) is 0 Å². The van der Waals surface area contributed by atoms with E-state index in [2.05, 4.69) is 172 Å². The Hall–Kier alpha value is -3.90. The first-order valence-electron chi connectivity index (χ1n) is 17.7. The molecule has 0 nitrogen and oxygen atoms in total. The first-order chi connectivity index (χ1) is 22.5. The first kappa shape index (κ1) is 39.3. The van der Waals surface area contributed by atoms with Gasteiger partial charge in [0.05, 0.1) is 0 Å². The lowest BCUT2D eigenvalue weighted by Gasteiger charge is -2.18. The van der Waals surface area contributed by atoms with Gasteiger partial charge in [-0.2, -0.15) is 0 Å². The molecule has 0 fully saturated rings. The zero-order valence-electron chi connectivity index (χ0n) is 31.0. The van der Waals surface area contributed by atoms with E-state index in [-0.39, 0.29) is 0 Å². The summed E-state index contributed by atoms with van der Waals surface area (Å²) < 4.78 is 0. The van der Waals surface area contributed by atoms with Crippen LogP contribution in [0.5, 0.6) is 0 Å². The maximum Gasteiger partial charge on any atom is -0.0230 e. The Balaban J connectivity index is 0.000000206. The van der Waals surface area contributed by atoms with Crippen LogP contribution in [0.1, 0.15) is 92.5 Å². The van der Waals surface area contributed by atoms with Crippen molar-refractivity contribution < 1.29 is 0 Å². The summed E-state index contributed by atoms with van der Waals surface area (Å²) in [6, 6.07) is 46.9. The van der Waals surface area contributed by atoms with E-state index in [0.717, 1.165) is 18.8 Å². The Kier molecular flexibility index (Phi) is 18.2. The van der Waals surface area contributed by atoms with Crippen LogP contribution in [0.2, 0.25) is 0 Å². The molecule has 0 spiro atoms. The van der Waals surface area contributed by atoms with E-state index >= 15 is 0 Å². The molecule has 0 unspecified atom stereocenters. The van der Waals surface area contributed by atoms with Crippen molar-refractivity contribution in [2.75, 3.05) is 0 Å². The van der Waals surface area contributed by atoms with E-state index in [9.17, 15) is 0 Å². The monoisotopic (exact) mass is 626 g/mol. The van der Waals surface area contributed by atoms with Crippen LogP contribution in [-0.4, -0.2) is 0 Å². The second-order valence-corrected chi connectivity index (χ2v) is 14.2. The summed E-state index contributed by atoms with van der Waals surface area (Å²) in [6.07, 6.45) is 7.33. The van der Waals surface area contributed by atoms with Crippen LogP contribution >= 0.6 is 0 Å². The van der Waals surface area contributed by atoms with E-state index < -0.39 is 0 Å². The highest BCUT2D eigenvalue weighted by molar-refractivity contribution is 5.31. The molecule has 0 heteroatoms. The molecule has 0 saturated heterocycles. The molecule has 0 aromatic heterocycles. The van der Waals surface area contributed by atoms with Crippen LogP contribution in [-0.2, 0) is 32.1 Å². The molecule has 0 radical (unpaired) electrons. The topological polar surface area (TPSA) is 0 Å². The number of hydrogen-bond donors (Lipinski definition) is 0. The Morgan fingerprint density at radius 2 is 0.936 bits per heavy atom. The van der Waals surface area contributed by atoms with E-state index in [1.54, 1.807) is 11.1 Å². The molecule has 1 aliphatic carbocycles. The molecule has 6 rings (SSSR count). The minimum Gasteiger partial charge on any atom is -0.0651 e.